The molecule has 1 N–H and O–H groups in total. The Morgan fingerprint density at radius 3 is 2.61 bits per heavy atom. The van der Waals surface area contributed by atoms with Gasteiger partial charge in [0.2, 0.25) is 0 Å². The summed E-state index contributed by atoms with van der Waals surface area (Å²) in [5.74, 6) is -0.354. The Labute approximate surface area is 113 Å². The largest absolute Gasteiger partial charge is 0.353 e. The van der Waals surface area contributed by atoms with Crippen molar-refractivity contribution in [3.8, 4) is 0 Å². The molecule has 2 aromatic rings. The Morgan fingerprint density at radius 2 is 1.78 bits per heavy atom. The van der Waals surface area contributed by atoms with Crippen LogP contribution in [0.15, 0.2) is 41.4 Å². The van der Waals surface area contributed by atoms with Gasteiger partial charge in [0.05, 0.1) is 11.4 Å². The number of hydrogen-bond donors (Lipinski definition) is 1. The number of aliphatic imine (C=N–C) groups is 1. The molecule has 0 amide bonds. The average molecular weight is 281 g/mol. The summed E-state index contributed by atoms with van der Waals surface area (Å²) in [5, 5.41) is 3.97. The molecule has 0 saturated heterocycles. The number of fused-ring (bicyclic) bond motifs is 2. The van der Waals surface area contributed by atoms with Crippen molar-refractivity contribution in [2.24, 2.45) is 4.99 Å². The molecule has 1 heterocycles. The van der Waals surface area contributed by atoms with Crippen LogP contribution in [0.3, 0.4) is 0 Å². The normalized spacial score (nSPS) is 12.9. The molecule has 0 radical (unpaired) electrons. The third kappa shape index (κ3) is 1.96. The summed E-state index contributed by atoms with van der Waals surface area (Å²) in [4.78, 5) is 4.25. The van der Waals surface area contributed by atoms with Gasteiger partial charge in [0, 0.05) is 16.3 Å². The van der Waals surface area contributed by atoms with E-state index in [9.17, 15) is 4.39 Å². The van der Waals surface area contributed by atoms with E-state index >= 15 is 0 Å². The van der Waals surface area contributed by atoms with Crippen LogP contribution in [-0.4, -0.2) is 5.17 Å². The Balaban J connectivity index is 2.23. The fraction of sp³-hybridized carbons (Fsp3) is 0. The Morgan fingerprint density at radius 1 is 1.00 bits per heavy atom. The summed E-state index contributed by atoms with van der Waals surface area (Å²) < 4.78 is 13.2. The second kappa shape index (κ2) is 4.26. The van der Waals surface area contributed by atoms with Crippen LogP contribution in [0.1, 0.15) is 5.56 Å². The van der Waals surface area contributed by atoms with Crippen LogP contribution in [0.5, 0.6) is 0 Å². The number of nitrogens with zero attached hydrogens (tertiary/aromatic N) is 1. The fourth-order valence-electron chi connectivity index (χ4n) is 1.81. The van der Waals surface area contributed by atoms with Gasteiger partial charge in [0.25, 0.3) is 0 Å². The minimum atomic E-state index is -0.354. The van der Waals surface area contributed by atoms with Gasteiger partial charge in [-0.2, -0.15) is 0 Å². The summed E-state index contributed by atoms with van der Waals surface area (Å²) in [6.07, 6.45) is 0. The number of anilines is 2. The Bertz CT molecular complexity index is 668. The van der Waals surface area contributed by atoms with Crippen molar-refractivity contribution in [1.29, 1.82) is 0 Å². The van der Waals surface area contributed by atoms with Crippen LogP contribution in [-0.2, 0) is 0 Å². The van der Waals surface area contributed by atoms with E-state index in [-0.39, 0.29) is 11.0 Å². The summed E-state index contributed by atoms with van der Waals surface area (Å²) in [7, 11) is 0. The van der Waals surface area contributed by atoms with Crippen molar-refractivity contribution < 1.29 is 4.39 Å². The zero-order chi connectivity index (χ0) is 12.7. The van der Waals surface area contributed by atoms with Gasteiger partial charge in [-0.1, -0.05) is 23.2 Å². The monoisotopic (exact) mass is 280 g/mol. The van der Waals surface area contributed by atoms with E-state index in [1.165, 1.54) is 12.1 Å². The highest BCUT2D eigenvalue weighted by molar-refractivity contribution is 6.70. The highest BCUT2D eigenvalue weighted by atomic mass is 35.5. The summed E-state index contributed by atoms with van der Waals surface area (Å²) in [6, 6.07) is 9.62. The molecule has 1 aliphatic heterocycles. The van der Waals surface area contributed by atoms with Crippen molar-refractivity contribution in [2.45, 2.75) is 0 Å². The lowest BCUT2D eigenvalue weighted by molar-refractivity contribution is 0.628. The van der Waals surface area contributed by atoms with Gasteiger partial charge < -0.3 is 5.32 Å². The SMILES string of the molecule is Fc1ccc2c(c1)C(Cl)=Nc1cc(Cl)ccc1N2. The van der Waals surface area contributed by atoms with Crippen molar-refractivity contribution >= 4 is 45.4 Å². The van der Waals surface area contributed by atoms with Crippen LogP contribution in [0.2, 0.25) is 5.02 Å². The minimum absolute atomic E-state index is 0.234. The molecule has 0 unspecified atom stereocenters. The first-order valence-electron chi connectivity index (χ1n) is 5.24. The highest BCUT2D eigenvalue weighted by Gasteiger charge is 2.15. The maximum atomic E-state index is 13.2. The summed E-state index contributed by atoms with van der Waals surface area (Å²) in [5.41, 5.74) is 2.65. The third-order valence-corrected chi connectivity index (χ3v) is 3.17. The quantitative estimate of drug-likeness (QED) is 0.733. The molecule has 5 heteroatoms. The van der Waals surface area contributed by atoms with Gasteiger partial charge in [-0.3, -0.25) is 0 Å². The predicted octanol–water partition coefficient (Wildman–Crippen LogP) is 4.85. The van der Waals surface area contributed by atoms with E-state index in [0.717, 1.165) is 5.69 Å². The first-order valence-corrected chi connectivity index (χ1v) is 6.00. The van der Waals surface area contributed by atoms with Crippen molar-refractivity contribution in [2.75, 3.05) is 5.32 Å². The molecular formula is C13H7Cl2FN2. The van der Waals surface area contributed by atoms with E-state index in [1.807, 2.05) is 6.07 Å². The standard InChI is InChI=1S/C13H7Cl2FN2/c14-7-1-3-11-12(5-7)18-13(15)9-6-8(16)2-4-10(9)17-11/h1-6,17H. The van der Waals surface area contributed by atoms with E-state index in [4.69, 9.17) is 23.2 Å². The molecule has 0 aromatic heterocycles. The molecular weight excluding hydrogens is 274 g/mol. The highest BCUT2D eigenvalue weighted by Crippen LogP contribution is 2.36. The molecule has 0 spiro atoms. The van der Waals surface area contributed by atoms with Gasteiger partial charge in [0.1, 0.15) is 11.0 Å². The zero-order valence-corrected chi connectivity index (χ0v) is 10.6. The van der Waals surface area contributed by atoms with E-state index in [0.29, 0.717) is 22.0 Å². The predicted molar refractivity (Wildman–Crippen MR) is 73.2 cm³/mol. The lowest BCUT2D eigenvalue weighted by Gasteiger charge is -2.08. The topological polar surface area (TPSA) is 24.4 Å². The van der Waals surface area contributed by atoms with Gasteiger partial charge in [-0.15, -0.1) is 0 Å². The van der Waals surface area contributed by atoms with Crippen LogP contribution in [0.25, 0.3) is 0 Å². The third-order valence-electron chi connectivity index (χ3n) is 2.65. The number of halogens is 3. The van der Waals surface area contributed by atoms with Crippen molar-refractivity contribution in [3.05, 3.63) is 52.8 Å². The van der Waals surface area contributed by atoms with Crippen LogP contribution in [0.4, 0.5) is 21.5 Å². The van der Waals surface area contributed by atoms with Gasteiger partial charge in [0.15, 0.2) is 0 Å². The molecule has 2 nitrogen and oxygen atoms in total. The fourth-order valence-corrected chi connectivity index (χ4v) is 2.22. The lowest BCUT2D eigenvalue weighted by atomic mass is 10.2. The number of benzene rings is 2. The molecule has 0 aliphatic carbocycles. The molecule has 0 saturated carbocycles. The molecule has 0 atom stereocenters. The smallest absolute Gasteiger partial charge is 0.139 e. The van der Waals surface area contributed by atoms with E-state index in [2.05, 4.69) is 10.3 Å². The second-order valence-corrected chi connectivity index (χ2v) is 4.67. The zero-order valence-electron chi connectivity index (χ0n) is 9.05. The van der Waals surface area contributed by atoms with E-state index < -0.39 is 0 Å². The van der Waals surface area contributed by atoms with Crippen molar-refractivity contribution in [3.63, 3.8) is 0 Å². The number of nitrogens with one attached hydrogen (secondary N) is 1. The first-order chi connectivity index (χ1) is 8.63. The van der Waals surface area contributed by atoms with Gasteiger partial charge >= 0.3 is 0 Å². The van der Waals surface area contributed by atoms with E-state index in [1.54, 1.807) is 18.2 Å². The van der Waals surface area contributed by atoms with Crippen molar-refractivity contribution in [1.82, 2.24) is 0 Å². The average Bonchev–Trinajstić information content (AvgIpc) is 2.46. The van der Waals surface area contributed by atoms with Crippen LogP contribution >= 0.6 is 23.2 Å². The number of rotatable bonds is 0. The van der Waals surface area contributed by atoms with Gasteiger partial charge in [-0.25, -0.2) is 9.38 Å². The maximum Gasteiger partial charge on any atom is 0.139 e. The maximum absolute atomic E-state index is 13.2. The lowest BCUT2D eigenvalue weighted by Crippen LogP contribution is -1.97. The molecule has 0 fully saturated rings. The first kappa shape index (κ1) is 11.5. The molecule has 90 valence electrons. The molecule has 0 bridgehead atoms. The van der Waals surface area contributed by atoms with Gasteiger partial charge in [-0.05, 0) is 36.4 Å². The molecule has 3 rings (SSSR count). The summed E-state index contributed by atoms with van der Waals surface area (Å²) in [6.45, 7) is 0. The molecule has 1 aliphatic rings. The summed E-state index contributed by atoms with van der Waals surface area (Å²) >= 11 is 12.0. The molecule has 2 aromatic carbocycles. The number of hydrogen-bond acceptors (Lipinski definition) is 2. The Kier molecular flexibility index (Phi) is 2.73. The minimum Gasteiger partial charge on any atom is -0.353 e. The molecule has 18 heavy (non-hydrogen) atoms. The Hall–Kier alpha value is -1.58. The van der Waals surface area contributed by atoms with Crippen LogP contribution in [0, 0.1) is 5.82 Å². The van der Waals surface area contributed by atoms with Crippen LogP contribution < -0.4 is 5.32 Å². The second-order valence-electron chi connectivity index (χ2n) is 3.88.